The van der Waals surface area contributed by atoms with Crippen molar-refractivity contribution in [2.75, 3.05) is 0 Å². The smallest absolute Gasteiger partial charge is 0.331 e. The minimum Gasteiger partial charge on any atom is -0.458 e. The first-order valence-corrected chi connectivity index (χ1v) is 8.28. The molecule has 124 valence electrons. The van der Waals surface area contributed by atoms with Gasteiger partial charge in [0.25, 0.3) is 0 Å². The molecule has 3 aromatic rings. The number of carbonyl (C=O) groups is 1. The molecule has 0 saturated carbocycles. The van der Waals surface area contributed by atoms with Crippen LogP contribution in [0.25, 0.3) is 17.2 Å². The van der Waals surface area contributed by atoms with E-state index in [0.717, 1.165) is 27.8 Å². The molecule has 0 aliphatic carbocycles. The molecule has 3 rings (SSSR count). The normalized spacial score (nSPS) is 10.8. The summed E-state index contributed by atoms with van der Waals surface area (Å²) < 4.78 is 5.40. The zero-order valence-electron chi connectivity index (χ0n) is 14.2. The van der Waals surface area contributed by atoms with Crippen molar-refractivity contribution in [3.63, 3.8) is 0 Å². The molecule has 0 radical (unpaired) electrons. The average molecular weight is 328 g/mol. The van der Waals surface area contributed by atoms with Gasteiger partial charge in [-0.25, -0.2) is 4.79 Å². The van der Waals surface area contributed by atoms with Gasteiger partial charge in [0.1, 0.15) is 6.61 Å². The lowest BCUT2D eigenvalue weighted by molar-refractivity contribution is -0.138. The number of hydrogen-bond donors (Lipinski definition) is 0. The summed E-state index contributed by atoms with van der Waals surface area (Å²) in [6.45, 7) is 2.33. The molecule has 0 fully saturated rings. The van der Waals surface area contributed by atoms with Crippen molar-refractivity contribution < 1.29 is 9.53 Å². The van der Waals surface area contributed by atoms with E-state index in [1.807, 2.05) is 60.7 Å². The number of hydrogen-bond acceptors (Lipinski definition) is 2. The van der Waals surface area contributed by atoms with Gasteiger partial charge >= 0.3 is 5.97 Å². The van der Waals surface area contributed by atoms with Crippen LogP contribution in [-0.4, -0.2) is 5.97 Å². The molecule has 0 atom stereocenters. The molecule has 0 aliphatic heterocycles. The molecule has 0 amide bonds. The number of carbonyl (C=O) groups excluding carboxylic acids is 1. The molecule has 0 spiro atoms. The van der Waals surface area contributed by atoms with Crippen LogP contribution in [0.2, 0.25) is 0 Å². The van der Waals surface area contributed by atoms with Gasteiger partial charge in [0.05, 0.1) is 0 Å². The zero-order valence-corrected chi connectivity index (χ0v) is 14.2. The van der Waals surface area contributed by atoms with E-state index < -0.39 is 0 Å². The van der Waals surface area contributed by atoms with Crippen molar-refractivity contribution in [2.24, 2.45) is 0 Å². The summed E-state index contributed by atoms with van der Waals surface area (Å²) >= 11 is 0. The van der Waals surface area contributed by atoms with Gasteiger partial charge < -0.3 is 4.74 Å². The SMILES string of the molecule is Cc1c(COC(=O)/C=C/c2ccccc2)cccc1-c1ccccc1. The quantitative estimate of drug-likeness (QED) is 0.462. The Bertz CT molecular complexity index is 865. The van der Waals surface area contributed by atoms with Crippen molar-refractivity contribution in [3.8, 4) is 11.1 Å². The largest absolute Gasteiger partial charge is 0.458 e. The monoisotopic (exact) mass is 328 g/mol. The summed E-state index contributed by atoms with van der Waals surface area (Å²) in [7, 11) is 0. The predicted molar refractivity (Wildman–Crippen MR) is 102 cm³/mol. The van der Waals surface area contributed by atoms with E-state index in [0.29, 0.717) is 0 Å². The molecular formula is C23H20O2. The Morgan fingerprint density at radius 1 is 0.880 bits per heavy atom. The Morgan fingerprint density at radius 3 is 2.28 bits per heavy atom. The number of rotatable bonds is 5. The van der Waals surface area contributed by atoms with E-state index in [9.17, 15) is 4.79 Å². The summed E-state index contributed by atoms with van der Waals surface area (Å²) in [5.41, 5.74) is 5.45. The molecule has 0 aromatic heterocycles. The lowest BCUT2D eigenvalue weighted by Gasteiger charge is -2.11. The minimum atomic E-state index is -0.339. The first kappa shape index (κ1) is 16.7. The summed E-state index contributed by atoms with van der Waals surface area (Å²) in [5.74, 6) is -0.339. The second-order valence-corrected chi connectivity index (χ2v) is 5.81. The fourth-order valence-corrected chi connectivity index (χ4v) is 2.70. The Morgan fingerprint density at radius 2 is 1.56 bits per heavy atom. The fraction of sp³-hybridized carbons (Fsp3) is 0.0870. The topological polar surface area (TPSA) is 26.3 Å². The summed E-state index contributed by atoms with van der Waals surface area (Å²) in [5, 5.41) is 0. The van der Waals surface area contributed by atoms with Crippen LogP contribution in [-0.2, 0) is 16.1 Å². The summed E-state index contributed by atoms with van der Waals surface area (Å²) in [6, 6.07) is 26.0. The summed E-state index contributed by atoms with van der Waals surface area (Å²) in [4.78, 5) is 11.9. The Kier molecular flexibility index (Phi) is 5.43. The molecular weight excluding hydrogens is 308 g/mol. The molecule has 0 heterocycles. The molecule has 0 aliphatic rings. The molecule has 2 nitrogen and oxygen atoms in total. The van der Waals surface area contributed by atoms with Crippen LogP contribution in [0.1, 0.15) is 16.7 Å². The first-order chi connectivity index (χ1) is 12.2. The molecule has 3 aromatic carbocycles. The van der Waals surface area contributed by atoms with Crippen LogP contribution in [0.3, 0.4) is 0 Å². The van der Waals surface area contributed by atoms with E-state index in [1.165, 1.54) is 6.08 Å². The van der Waals surface area contributed by atoms with Gasteiger partial charge in [0.15, 0.2) is 0 Å². The maximum atomic E-state index is 11.9. The standard InChI is InChI=1S/C23H20O2/c1-18-21(13-8-14-22(18)20-11-6-3-7-12-20)17-25-23(24)16-15-19-9-4-2-5-10-19/h2-16H,17H2,1H3/b16-15+. The average Bonchev–Trinajstić information content (AvgIpc) is 2.67. The van der Waals surface area contributed by atoms with Gasteiger partial charge in [-0.1, -0.05) is 78.9 Å². The van der Waals surface area contributed by atoms with Crippen molar-refractivity contribution >= 4 is 12.0 Å². The predicted octanol–water partition coefficient (Wildman–Crippen LogP) is 5.42. The van der Waals surface area contributed by atoms with E-state index in [-0.39, 0.29) is 12.6 Å². The van der Waals surface area contributed by atoms with Crippen molar-refractivity contribution in [1.29, 1.82) is 0 Å². The van der Waals surface area contributed by atoms with E-state index in [4.69, 9.17) is 4.74 Å². The second-order valence-electron chi connectivity index (χ2n) is 5.81. The van der Waals surface area contributed by atoms with Crippen LogP contribution < -0.4 is 0 Å². The maximum absolute atomic E-state index is 11.9. The highest BCUT2D eigenvalue weighted by Crippen LogP contribution is 2.25. The lowest BCUT2D eigenvalue weighted by Crippen LogP contribution is -2.02. The zero-order chi connectivity index (χ0) is 17.5. The third-order valence-corrected chi connectivity index (χ3v) is 4.11. The Hall–Kier alpha value is -3.13. The highest BCUT2D eigenvalue weighted by molar-refractivity contribution is 5.87. The highest BCUT2D eigenvalue weighted by atomic mass is 16.5. The van der Waals surface area contributed by atoms with Gasteiger partial charge in [-0.05, 0) is 40.8 Å². The molecule has 0 bridgehead atoms. The van der Waals surface area contributed by atoms with Gasteiger partial charge in [-0.2, -0.15) is 0 Å². The van der Waals surface area contributed by atoms with Crippen LogP contribution in [0.15, 0.2) is 84.9 Å². The van der Waals surface area contributed by atoms with Crippen molar-refractivity contribution in [3.05, 3.63) is 102 Å². The van der Waals surface area contributed by atoms with Crippen molar-refractivity contribution in [1.82, 2.24) is 0 Å². The Labute approximate surface area is 148 Å². The van der Waals surface area contributed by atoms with E-state index in [2.05, 4.69) is 25.1 Å². The highest BCUT2D eigenvalue weighted by Gasteiger charge is 2.07. The van der Waals surface area contributed by atoms with Crippen LogP contribution in [0.5, 0.6) is 0 Å². The van der Waals surface area contributed by atoms with Gasteiger partial charge in [-0.3, -0.25) is 0 Å². The lowest BCUT2D eigenvalue weighted by atomic mass is 9.97. The number of esters is 1. The van der Waals surface area contributed by atoms with Gasteiger partial charge in [0.2, 0.25) is 0 Å². The second kappa shape index (κ2) is 8.11. The molecule has 25 heavy (non-hydrogen) atoms. The molecule has 2 heteroatoms. The maximum Gasteiger partial charge on any atom is 0.331 e. The van der Waals surface area contributed by atoms with Crippen LogP contribution in [0, 0.1) is 6.92 Å². The Balaban J connectivity index is 1.67. The third-order valence-electron chi connectivity index (χ3n) is 4.11. The summed E-state index contributed by atoms with van der Waals surface area (Å²) in [6.07, 6.45) is 3.22. The van der Waals surface area contributed by atoms with Crippen LogP contribution in [0.4, 0.5) is 0 Å². The fourth-order valence-electron chi connectivity index (χ4n) is 2.70. The van der Waals surface area contributed by atoms with Gasteiger partial charge in [0, 0.05) is 6.08 Å². The van der Waals surface area contributed by atoms with E-state index >= 15 is 0 Å². The van der Waals surface area contributed by atoms with Crippen LogP contribution >= 0.6 is 0 Å². The van der Waals surface area contributed by atoms with Crippen molar-refractivity contribution in [2.45, 2.75) is 13.5 Å². The minimum absolute atomic E-state index is 0.268. The molecule has 0 N–H and O–H groups in total. The molecule has 0 unspecified atom stereocenters. The first-order valence-electron chi connectivity index (χ1n) is 8.28. The molecule has 0 saturated heterocycles. The number of ether oxygens (including phenoxy) is 1. The van der Waals surface area contributed by atoms with Gasteiger partial charge in [-0.15, -0.1) is 0 Å². The third kappa shape index (κ3) is 4.45. The van der Waals surface area contributed by atoms with E-state index in [1.54, 1.807) is 6.08 Å². The number of benzene rings is 3.